The molecular weight excluding hydrogens is 234 g/mol. The summed E-state index contributed by atoms with van der Waals surface area (Å²) in [7, 11) is 2.58. The zero-order valence-corrected chi connectivity index (χ0v) is 10.1. The summed E-state index contributed by atoms with van der Waals surface area (Å²) in [5, 5.41) is 0. The molecule has 0 saturated carbocycles. The van der Waals surface area contributed by atoms with Gasteiger partial charge < -0.3 is 15.2 Å². The van der Waals surface area contributed by atoms with Crippen molar-refractivity contribution in [1.29, 1.82) is 0 Å². The maximum Gasteiger partial charge on any atom is 0.337 e. The maximum atomic E-state index is 11.3. The highest BCUT2D eigenvalue weighted by atomic mass is 16.5. The Balaban J connectivity index is 2.93. The Bertz CT molecular complexity index is 526. The highest BCUT2D eigenvalue weighted by molar-refractivity contribution is 5.91. The Labute approximate surface area is 105 Å². The number of esters is 2. The molecule has 0 spiro atoms. The van der Waals surface area contributed by atoms with Crippen LogP contribution in [0, 0.1) is 11.8 Å². The van der Waals surface area contributed by atoms with Crippen molar-refractivity contribution in [3.8, 4) is 11.8 Å². The molecule has 18 heavy (non-hydrogen) atoms. The van der Waals surface area contributed by atoms with Crippen molar-refractivity contribution in [3.63, 3.8) is 0 Å². The van der Waals surface area contributed by atoms with Gasteiger partial charge in [-0.1, -0.05) is 11.8 Å². The van der Waals surface area contributed by atoms with E-state index in [2.05, 4.69) is 21.3 Å². The lowest BCUT2D eigenvalue weighted by Gasteiger charge is -2.01. The highest BCUT2D eigenvalue weighted by Gasteiger charge is 2.06. The number of methoxy groups -OCH3 is 2. The summed E-state index contributed by atoms with van der Waals surface area (Å²) in [5.41, 5.74) is 6.91. The molecule has 0 unspecified atom stereocenters. The van der Waals surface area contributed by atoms with E-state index in [-0.39, 0.29) is 6.42 Å². The Hall–Kier alpha value is -2.48. The number of hydrogen-bond acceptors (Lipinski definition) is 5. The van der Waals surface area contributed by atoms with Gasteiger partial charge in [-0.25, -0.2) is 4.79 Å². The van der Waals surface area contributed by atoms with Crippen LogP contribution in [0.2, 0.25) is 0 Å². The first-order valence-electron chi connectivity index (χ1n) is 5.11. The normalized spacial score (nSPS) is 9.00. The molecule has 0 aromatic heterocycles. The van der Waals surface area contributed by atoms with Crippen LogP contribution in [0.15, 0.2) is 18.2 Å². The van der Waals surface area contributed by atoms with E-state index in [1.54, 1.807) is 12.1 Å². The molecule has 0 aliphatic heterocycles. The number of nitrogen functional groups attached to an aromatic ring is 1. The minimum Gasteiger partial charge on any atom is -0.468 e. The molecule has 0 aliphatic carbocycles. The van der Waals surface area contributed by atoms with Crippen LogP contribution in [0.4, 0.5) is 5.69 Å². The summed E-state index contributed by atoms with van der Waals surface area (Å²) in [5.74, 6) is 4.46. The van der Waals surface area contributed by atoms with Gasteiger partial charge >= 0.3 is 11.9 Å². The largest absolute Gasteiger partial charge is 0.468 e. The average Bonchev–Trinajstić information content (AvgIpc) is 2.36. The van der Waals surface area contributed by atoms with Gasteiger partial charge in [-0.3, -0.25) is 4.79 Å². The fraction of sp³-hybridized carbons (Fsp3) is 0.231. The monoisotopic (exact) mass is 247 g/mol. The first kappa shape index (κ1) is 13.6. The van der Waals surface area contributed by atoms with Gasteiger partial charge in [0.1, 0.15) is 6.42 Å². The summed E-state index contributed by atoms with van der Waals surface area (Å²) in [6.45, 7) is 0. The second-order valence-corrected chi connectivity index (χ2v) is 3.39. The number of carbonyl (C=O) groups is 2. The molecule has 5 nitrogen and oxygen atoms in total. The van der Waals surface area contributed by atoms with Crippen LogP contribution in [0.3, 0.4) is 0 Å². The minimum atomic E-state index is -0.488. The van der Waals surface area contributed by atoms with Gasteiger partial charge in [0.25, 0.3) is 0 Å². The second kappa shape index (κ2) is 6.30. The van der Waals surface area contributed by atoms with Gasteiger partial charge in [-0.15, -0.1) is 0 Å². The molecule has 0 aliphatic rings. The van der Waals surface area contributed by atoms with Gasteiger partial charge in [0.15, 0.2) is 0 Å². The fourth-order valence-corrected chi connectivity index (χ4v) is 1.25. The predicted octanol–water partition coefficient (Wildman–Crippen LogP) is 0.970. The van der Waals surface area contributed by atoms with Crippen molar-refractivity contribution in [1.82, 2.24) is 0 Å². The van der Waals surface area contributed by atoms with Gasteiger partial charge in [-0.05, 0) is 18.2 Å². The zero-order chi connectivity index (χ0) is 13.5. The second-order valence-electron chi connectivity index (χ2n) is 3.39. The standard InChI is InChI=1S/C13H13NO4/c1-17-12(15)5-3-4-9-6-10(13(16)18-2)8-11(14)7-9/h6-8H,5,14H2,1-2H3. The summed E-state index contributed by atoms with van der Waals surface area (Å²) >= 11 is 0. The van der Waals surface area contributed by atoms with Crippen molar-refractivity contribution >= 4 is 17.6 Å². The summed E-state index contributed by atoms with van der Waals surface area (Å²) < 4.78 is 9.04. The lowest BCUT2D eigenvalue weighted by Crippen LogP contribution is -2.02. The van der Waals surface area contributed by atoms with Crippen molar-refractivity contribution in [2.24, 2.45) is 0 Å². The number of anilines is 1. The number of carbonyl (C=O) groups excluding carboxylic acids is 2. The van der Waals surface area contributed by atoms with Crippen LogP contribution in [0.1, 0.15) is 22.3 Å². The van der Waals surface area contributed by atoms with E-state index in [0.717, 1.165) is 0 Å². The summed E-state index contributed by atoms with van der Waals surface area (Å²) in [6, 6.07) is 4.65. The lowest BCUT2D eigenvalue weighted by atomic mass is 10.1. The van der Waals surface area contributed by atoms with Crippen molar-refractivity contribution in [3.05, 3.63) is 29.3 Å². The quantitative estimate of drug-likeness (QED) is 0.478. The third-order valence-corrected chi connectivity index (χ3v) is 2.07. The molecule has 0 heterocycles. The molecule has 0 radical (unpaired) electrons. The number of hydrogen-bond donors (Lipinski definition) is 1. The number of benzene rings is 1. The lowest BCUT2D eigenvalue weighted by molar-refractivity contribution is -0.139. The van der Waals surface area contributed by atoms with Crippen LogP contribution in [0.5, 0.6) is 0 Å². The Kier molecular flexibility index (Phi) is 4.76. The Morgan fingerprint density at radius 3 is 2.56 bits per heavy atom. The van der Waals surface area contributed by atoms with E-state index < -0.39 is 11.9 Å². The van der Waals surface area contributed by atoms with E-state index >= 15 is 0 Å². The van der Waals surface area contributed by atoms with Gasteiger partial charge in [0.05, 0.1) is 19.8 Å². The third-order valence-electron chi connectivity index (χ3n) is 2.07. The molecule has 1 aromatic carbocycles. The first-order chi connectivity index (χ1) is 8.56. The first-order valence-corrected chi connectivity index (χ1v) is 5.11. The van der Waals surface area contributed by atoms with E-state index in [9.17, 15) is 9.59 Å². The maximum absolute atomic E-state index is 11.3. The third kappa shape index (κ3) is 3.83. The predicted molar refractivity (Wildman–Crippen MR) is 65.7 cm³/mol. The van der Waals surface area contributed by atoms with Crippen molar-refractivity contribution in [2.75, 3.05) is 20.0 Å². The molecule has 0 fully saturated rings. The molecule has 0 amide bonds. The van der Waals surface area contributed by atoms with Crippen molar-refractivity contribution in [2.45, 2.75) is 6.42 Å². The SMILES string of the molecule is COC(=O)CC#Cc1cc(N)cc(C(=O)OC)c1. The van der Waals surface area contributed by atoms with Gasteiger partial charge in [0.2, 0.25) is 0 Å². The summed E-state index contributed by atoms with van der Waals surface area (Å²) in [6.07, 6.45) is -0.0150. The molecule has 0 atom stereocenters. The Morgan fingerprint density at radius 2 is 1.94 bits per heavy atom. The fourth-order valence-electron chi connectivity index (χ4n) is 1.25. The van der Waals surface area contributed by atoms with E-state index in [0.29, 0.717) is 16.8 Å². The van der Waals surface area contributed by atoms with E-state index in [1.807, 2.05) is 0 Å². The molecule has 0 bridgehead atoms. The summed E-state index contributed by atoms with van der Waals surface area (Å²) in [4.78, 5) is 22.2. The number of rotatable bonds is 2. The van der Waals surface area contributed by atoms with E-state index in [4.69, 9.17) is 5.73 Å². The van der Waals surface area contributed by atoms with Gasteiger partial charge in [0, 0.05) is 11.3 Å². The Morgan fingerprint density at radius 1 is 1.22 bits per heavy atom. The smallest absolute Gasteiger partial charge is 0.337 e. The van der Waals surface area contributed by atoms with Crippen LogP contribution in [0.25, 0.3) is 0 Å². The molecule has 2 N–H and O–H groups in total. The van der Waals surface area contributed by atoms with Gasteiger partial charge in [-0.2, -0.15) is 0 Å². The molecule has 1 aromatic rings. The zero-order valence-electron chi connectivity index (χ0n) is 10.1. The topological polar surface area (TPSA) is 78.6 Å². The molecule has 1 rings (SSSR count). The van der Waals surface area contributed by atoms with E-state index in [1.165, 1.54) is 20.3 Å². The minimum absolute atomic E-state index is 0.0150. The molecule has 94 valence electrons. The van der Waals surface area contributed by atoms with Crippen LogP contribution >= 0.6 is 0 Å². The number of ether oxygens (including phenoxy) is 2. The highest BCUT2D eigenvalue weighted by Crippen LogP contribution is 2.12. The molecular formula is C13H13NO4. The van der Waals surface area contributed by atoms with Crippen LogP contribution in [-0.4, -0.2) is 26.2 Å². The average molecular weight is 247 g/mol. The van der Waals surface area contributed by atoms with Crippen LogP contribution < -0.4 is 5.73 Å². The van der Waals surface area contributed by atoms with Crippen molar-refractivity contribution < 1.29 is 19.1 Å². The molecule has 5 heteroatoms. The number of nitrogens with two attached hydrogens (primary N) is 1. The van der Waals surface area contributed by atoms with Crippen LogP contribution in [-0.2, 0) is 14.3 Å². The molecule has 0 saturated heterocycles.